The maximum absolute atomic E-state index is 13.6. The summed E-state index contributed by atoms with van der Waals surface area (Å²) in [6.07, 6.45) is 0.991. The lowest BCUT2D eigenvalue weighted by atomic mass is 10.1. The van der Waals surface area contributed by atoms with Crippen molar-refractivity contribution in [3.63, 3.8) is 0 Å². The van der Waals surface area contributed by atoms with Gasteiger partial charge in [-0.3, -0.25) is 0 Å². The zero-order valence-corrected chi connectivity index (χ0v) is 11.8. The van der Waals surface area contributed by atoms with Crippen LogP contribution in [0.5, 0.6) is 5.75 Å². The van der Waals surface area contributed by atoms with Gasteiger partial charge in [0.05, 0.1) is 12.5 Å². The van der Waals surface area contributed by atoms with Gasteiger partial charge in [-0.1, -0.05) is 13.0 Å². The van der Waals surface area contributed by atoms with Gasteiger partial charge in [0.15, 0.2) is 11.6 Å². The van der Waals surface area contributed by atoms with Crippen molar-refractivity contribution in [3.05, 3.63) is 51.5 Å². The summed E-state index contributed by atoms with van der Waals surface area (Å²) >= 11 is 8.04. The van der Waals surface area contributed by atoms with Crippen LogP contribution in [-0.2, 0) is 6.42 Å². The average Bonchev–Trinajstić information content (AvgIpc) is 2.86. The Bertz CT molecular complexity index is 538. The summed E-state index contributed by atoms with van der Waals surface area (Å²) in [5.74, 6) is -0.143. The van der Waals surface area contributed by atoms with Crippen LogP contribution in [-0.4, -0.2) is 7.11 Å². The Hall–Kier alpha value is -1.06. The van der Waals surface area contributed by atoms with Crippen molar-refractivity contribution < 1.29 is 9.13 Å². The lowest BCUT2D eigenvalue weighted by molar-refractivity contribution is 0.386. The number of halogens is 2. The quantitative estimate of drug-likeness (QED) is 0.734. The van der Waals surface area contributed by atoms with Crippen molar-refractivity contribution in [1.82, 2.24) is 0 Å². The van der Waals surface area contributed by atoms with Gasteiger partial charge in [0.2, 0.25) is 0 Å². The smallest absolute Gasteiger partial charge is 0.165 e. The van der Waals surface area contributed by atoms with Crippen molar-refractivity contribution in [1.29, 1.82) is 0 Å². The number of benzene rings is 1. The lowest BCUT2D eigenvalue weighted by Gasteiger charge is -2.09. The van der Waals surface area contributed by atoms with Crippen LogP contribution in [0.4, 0.5) is 4.39 Å². The van der Waals surface area contributed by atoms with Gasteiger partial charge in [-0.2, -0.15) is 0 Å². The molecule has 0 saturated heterocycles. The van der Waals surface area contributed by atoms with Gasteiger partial charge in [0.25, 0.3) is 0 Å². The summed E-state index contributed by atoms with van der Waals surface area (Å²) in [6.45, 7) is 2.10. The van der Waals surface area contributed by atoms with Gasteiger partial charge < -0.3 is 4.74 Å². The van der Waals surface area contributed by atoms with E-state index in [1.807, 2.05) is 6.07 Å². The fourth-order valence-electron chi connectivity index (χ4n) is 1.73. The zero-order chi connectivity index (χ0) is 13.1. The predicted molar refractivity (Wildman–Crippen MR) is 74.3 cm³/mol. The first kappa shape index (κ1) is 13.4. The van der Waals surface area contributed by atoms with Crippen LogP contribution in [0.2, 0.25) is 0 Å². The van der Waals surface area contributed by atoms with Gasteiger partial charge in [-0.05, 0) is 36.2 Å². The van der Waals surface area contributed by atoms with Crippen LogP contribution in [0.3, 0.4) is 0 Å². The molecule has 0 radical (unpaired) electrons. The lowest BCUT2D eigenvalue weighted by Crippen LogP contribution is -1.94. The summed E-state index contributed by atoms with van der Waals surface area (Å²) in [7, 11) is 1.45. The summed E-state index contributed by atoms with van der Waals surface area (Å²) < 4.78 is 18.5. The Labute approximate surface area is 115 Å². The van der Waals surface area contributed by atoms with Gasteiger partial charge in [0.1, 0.15) is 0 Å². The second-order valence-electron chi connectivity index (χ2n) is 3.91. The second kappa shape index (κ2) is 5.72. The molecule has 0 aliphatic heterocycles. The third-order valence-corrected chi connectivity index (χ3v) is 4.66. The van der Waals surface area contributed by atoms with E-state index in [9.17, 15) is 4.39 Å². The molecule has 18 heavy (non-hydrogen) atoms. The van der Waals surface area contributed by atoms with Gasteiger partial charge >= 0.3 is 0 Å². The Morgan fingerprint density at radius 1 is 1.33 bits per heavy atom. The van der Waals surface area contributed by atoms with Crippen molar-refractivity contribution in [2.45, 2.75) is 18.7 Å². The van der Waals surface area contributed by atoms with Crippen LogP contribution in [0.15, 0.2) is 30.3 Å². The minimum Gasteiger partial charge on any atom is -0.494 e. The van der Waals surface area contributed by atoms with E-state index in [1.54, 1.807) is 23.5 Å². The fourth-order valence-corrected chi connectivity index (χ4v) is 3.03. The minimum absolute atomic E-state index is 0.239. The highest BCUT2D eigenvalue weighted by Crippen LogP contribution is 2.35. The summed E-state index contributed by atoms with van der Waals surface area (Å²) in [6, 6.07) is 8.90. The number of methoxy groups -OCH3 is 1. The number of alkyl halides is 1. The normalized spacial score (nSPS) is 12.4. The second-order valence-corrected chi connectivity index (χ2v) is 5.55. The Morgan fingerprint density at radius 3 is 2.67 bits per heavy atom. The first-order valence-corrected chi connectivity index (χ1v) is 6.97. The number of ether oxygens (including phenoxy) is 1. The van der Waals surface area contributed by atoms with E-state index < -0.39 is 0 Å². The maximum Gasteiger partial charge on any atom is 0.165 e. The molecular formula is C14H14ClFOS. The molecule has 0 fully saturated rings. The molecule has 0 spiro atoms. The standard InChI is InChI=1S/C14H14ClFOS/c1-3-10-5-7-13(18-10)14(15)9-4-6-12(17-2)11(16)8-9/h4-8,14H,3H2,1-2H3. The van der Waals surface area contributed by atoms with E-state index in [2.05, 4.69) is 13.0 Å². The van der Waals surface area contributed by atoms with E-state index in [4.69, 9.17) is 16.3 Å². The van der Waals surface area contributed by atoms with E-state index in [0.29, 0.717) is 0 Å². The number of hydrogen-bond donors (Lipinski definition) is 0. The van der Waals surface area contributed by atoms with Crippen molar-refractivity contribution in [2.75, 3.05) is 7.11 Å². The van der Waals surface area contributed by atoms with Gasteiger partial charge in [-0.25, -0.2) is 4.39 Å². The molecule has 2 aromatic rings. The SMILES string of the molecule is CCc1ccc(C(Cl)c2ccc(OC)c(F)c2)s1. The Morgan fingerprint density at radius 2 is 2.11 bits per heavy atom. The number of rotatable bonds is 4. The largest absolute Gasteiger partial charge is 0.494 e. The topological polar surface area (TPSA) is 9.23 Å². The fraction of sp³-hybridized carbons (Fsp3) is 0.286. The molecule has 4 heteroatoms. The first-order chi connectivity index (χ1) is 8.65. The molecule has 0 aliphatic carbocycles. The van der Waals surface area contributed by atoms with Crippen LogP contribution < -0.4 is 4.74 Å². The average molecular weight is 285 g/mol. The highest BCUT2D eigenvalue weighted by atomic mass is 35.5. The van der Waals surface area contributed by atoms with E-state index in [-0.39, 0.29) is 16.9 Å². The van der Waals surface area contributed by atoms with E-state index in [0.717, 1.165) is 16.9 Å². The first-order valence-electron chi connectivity index (χ1n) is 5.71. The third-order valence-electron chi connectivity index (χ3n) is 2.75. The van der Waals surface area contributed by atoms with E-state index >= 15 is 0 Å². The van der Waals surface area contributed by atoms with Crippen LogP contribution in [0.25, 0.3) is 0 Å². The molecule has 1 heterocycles. The molecule has 1 nitrogen and oxygen atoms in total. The molecule has 1 atom stereocenters. The molecular weight excluding hydrogens is 271 g/mol. The molecule has 0 saturated carbocycles. The number of thiophene rings is 1. The maximum atomic E-state index is 13.6. The summed E-state index contributed by atoms with van der Waals surface area (Å²) in [5, 5.41) is -0.310. The summed E-state index contributed by atoms with van der Waals surface area (Å²) in [4.78, 5) is 2.32. The Kier molecular flexibility index (Phi) is 4.25. The predicted octanol–water partition coefficient (Wildman–Crippen LogP) is 4.79. The number of hydrogen-bond acceptors (Lipinski definition) is 2. The van der Waals surface area contributed by atoms with Crippen molar-refractivity contribution in [2.24, 2.45) is 0 Å². The number of aryl methyl sites for hydroxylation is 1. The van der Waals surface area contributed by atoms with Crippen molar-refractivity contribution in [3.8, 4) is 5.75 Å². The van der Waals surface area contributed by atoms with Gasteiger partial charge in [0, 0.05) is 9.75 Å². The third kappa shape index (κ3) is 2.68. The molecule has 1 aromatic carbocycles. The van der Waals surface area contributed by atoms with Crippen LogP contribution >= 0.6 is 22.9 Å². The summed E-state index contributed by atoms with van der Waals surface area (Å²) in [5.41, 5.74) is 0.750. The molecule has 0 N–H and O–H groups in total. The highest BCUT2D eigenvalue weighted by Gasteiger charge is 2.15. The zero-order valence-electron chi connectivity index (χ0n) is 10.2. The van der Waals surface area contributed by atoms with E-state index in [1.165, 1.54) is 18.1 Å². The van der Waals surface area contributed by atoms with Gasteiger partial charge in [-0.15, -0.1) is 22.9 Å². The molecule has 0 amide bonds. The molecule has 0 bridgehead atoms. The highest BCUT2D eigenvalue weighted by molar-refractivity contribution is 7.12. The molecule has 1 unspecified atom stereocenters. The molecule has 2 rings (SSSR count). The van der Waals surface area contributed by atoms with Crippen LogP contribution in [0.1, 0.15) is 27.6 Å². The molecule has 0 aliphatic rings. The molecule has 96 valence electrons. The van der Waals surface area contributed by atoms with Crippen molar-refractivity contribution >= 4 is 22.9 Å². The Balaban J connectivity index is 2.27. The minimum atomic E-state index is -0.382. The monoisotopic (exact) mass is 284 g/mol. The van der Waals surface area contributed by atoms with Crippen LogP contribution in [0, 0.1) is 5.82 Å². The molecule has 1 aromatic heterocycles.